The highest BCUT2D eigenvalue weighted by Crippen LogP contribution is 2.30. The maximum absolute atomic E-state index is 12.8. The molecule has 0 spiro atoms. The lowest BCUT2D eigenvalue weighted by Gasteiger charge is -2.11. The fraction of sp³-hybridized carbons (Fsp3) is 0.238. The van der Waals surface area contributed by atoms with Gasteiger partial charge in [-0.2, -0.15) is 0 Å². The van der Waals surface area contributed by atoms with Gasteiger partial charge in [-0.05, 0) is 31.8 Å². The van der Waals surface area contributed by atoms with E-state index in [1.54, 1.807) is 12.1 Å². The zero-order valence-electron chi connectivity index (χ0n) is 16.5. The Labute approximate surface area is 179 Å². The van der Waals surface area contributed by atoms with E-state index < -0.39 is 5.43 Å². The van der Waals surface area contributed by atoms with Gasteiger partial charge in [0.1, 0.15) is 34.5 Å². The van der Waals surface area contributed by atoms with Gasteiger partial charge in [-0.25, -0.2) is 0 Å². The average Bonchev–Trinajstić information content (AvgIpc) is 2.67. The summed E-state index contributed by atoms with van der Waals surface area (Å²) in [7, 11) is 3.81. The number of likely N-dealkylation sites (N-methyl/N-ethyl adjacent to an activating group) is 1. The number of nitrogens with zero attached hydrogens (tertiary/aromatic N) is 1. The number of rotatable bonds is 7. The van der Waals surface area contributed by atoms with Gasteiger partial charge in [0.2, 0.25) is 5.43 Å². The van der Waals surface area contributed by atoms with Crippen molar-refractivity contribution in [2.75, 3.05) is 33.8 Å². The van der Waals surface area contributed by atoms with Gasteiger partial charge in [0.25, 0.3) is 5.91 Å². The fourth-order valence-corrected chi connectivity index (χ4v) is 2.75. The molecular formula is C21H23ClN2O6. The van der Waals surface area contributed by atoms with E-state index in [9.17, 15) is 19.8 Å². The summed E-state index contributed by atoms with van der Waals surface area (Å²) >= 11 is 0. The number of nitrogens with one attached hydrogen (secondary N) is 1. The standard InChI is InChI=1S/C21H22N2O6.ClH/c1-23(2)8-7-22-19(26)12-28-15-9-17(25)20-18(10-15)29-11-16(21(20)27)13-3-5-14(24)6-4-13;/h3-6,9-11,24-25H,7-8,12H2,1-2H3,(H,22,26);1H. The van der Waals surface area contributed by atoms with E-state index >= 15 is 0 Å². The van der Waals surface area contributed by atoms with Crippen LogP contribution in [-0.4, -0.2) is 54.8 Å². The maximum Gasteiger partial charge on any atom is 0.257 e. The van der Waals surface area contributed by atoms with Gasteiger partial charge < -0.3 is 29.6 Å². The second-order valence-corrected chi connectivity index (χ2v) is 6.78. The first kappa shape index (κ1) is 23.1. The van der Waals surface area contributed by atoms with Gasteiger partial charge in [-0.15, -0.1) is 12.4 Å². The minimum Gasteiger partial charge on any atom is -0.508 e. The molecule has 0 atom stereocenters. The summed E-state index contributed by atoms with van der Waals surface area (Å²) < 4.78 is 10.9. The third kappa shape index (κ3) is 5.43. The molecule has 30 heavy (non-hydrogen) atoms. The number of halogens is 1. The van der Waals surface area contributed by atoms with Crippen molar-refractivity contribution in [1.29, 1.82) is 0 Å². The summed E-state index contributed by atoms with van der Waals surface area (Å²) in [4.78, 5) is 26.6. The number of phenolic OH excluding ortho intramolecular Hbond substituents is 2. The van der Waals surface area contributed by atoms with Crippen molar-refractivity contribution in [2.45, 2.75) is 0 Å². The number of ether oxygens (including phenoxy) is 1. The molecule has 1 aromatic heterocycles. The van der Waals surface area contributed by atoms with Crippen LogP contribution < -0.4 is 15.5 Å². The summed E-state index contributed by atoms with van der Waals surface area (Å²) in [6.07, 6.45) is 1.29. The summed E-state index contributed by atoms with van der Waals surface area (Å²) in [5, 5.41) is 22.5. The van der Waals surface area contributed by atoms with Crippen molar-refractivity contribution in [3.8, 4) is 28.4 Å². The number of fused-ring (bicyclic) bond motifs is 1. The van der Waals surface area contributed by atoms with Crippen LogP contribution in [0.5, 0.6) is 17.2 Å². The van der Waals surface area contributed by atoms with E-state index in [0.717, 1.165) is 0 Å². The number of benzene rings is 2. The fourth-order valence-electron chi connectivity index (χ4n) is 2.75. The Bertz CT molecular complexity index is 1080. The Morgan fingerprint density at radius 2 is 1.87 bits per heavy atom. The predicted molar refractivity (Wildman–Crippen MR) is 116 cm³/mol. The van der Waals surface area contributed by atoms with Crippen molar-refractivity contribution >= 4 is 29.3 Å². The monoisotopic (exact) mass is 434 g/mol. The smallest absolute Gasteiger partial charge is 0.257 e. The first-order chi connectivity index (χ1) is 13.8. The number of aromatic hydroxyl groups is 2. The van der Waals surface area contributed by atoms with Crippen LogP contribution >= 0.6 is 12.4 Å². The highest BCUT2D eigenvalue weighted by atomic mass is 35.5. The van der Waals surface area contributed by atoms with Crippen molar-refractivity contribution in [3.05, 3.63) is 52.9 Å². The van der Waals surface area contributed by atoms with Gasteiger partial charge in [0, 0.05) is 25.2 Å². The minimum absolute atomic E-state index is 0. The molecule has 2 aromatic carbocycles. The van der Waals surface area contributed by atoms with Gasteiger partial charge in [-0.3, -0.25) is 9.59 Å². The Morgan fingerprint density at radius 1 is 1.17 bits per heavy atom. The second-order valence-electron chi connectivity index (χ2n) is 6.78. The third-order valence-corrected chi connectivity index (χ3v) is 4.26. The van der Waals surface area contributed by atoms with E-state index in [4.69, 9.17) is 9.15 Å². The van der Waals surface area contributed by atoms with Gasteiger partial charge in [0.15, 0.2) is 6.61 Å². The zero-order valence-corrected chi connectivity index (χ0v) is 17.4. The SMILES string of the molecule is CN(C)CCNC(=O)COc1cc(O)c2c(=O)c(-c3ccc(O)cc3)coc2c1.Cl. The van der Waals surface area contributed by atoms with Crippen molar-refractivity contribution in [2.24, 2.45) is 0 Å². The molecule has 1 heterocycles. The van der Waals surface area contributed by atoms with Crippen molar-refractivity contribution in [1.82, 2.24) is 10.2 Å². The molecule has 0 unspecified atom stereocenters. The molecule has 9 heteroatoms. The lowest BCUT2D eigenvalue weighted by molar-refractivity contribution is -0.123. The van der Waals surface area contributed by atoms with Crippen LogP contribution in [0.15, 0.2) is 51.9 Å². The Hall–Kier alpha value is -3.23. The number of carbonyl (C=O) groups excluding carboxylic acids is 1. The first-order valence-electron chi connectivity index (χ1n) is 8.97. The van der Waals surface area contributed by atoms with Crippen LogP contribution in [-0.2, 0) is 4.79 Å². The van der Waals surface area contributed by atoms with Crippen molar-refractivity contribution < 1.29 is 24.2 Å². The normalized spacial score (nSPS) is 10.6. The molecule has 0 saturated carbocycles. The van der Waals surface area contributed by atoms with Crippen LogP contribution in [0, 0.1) is 0 Å². The minimum atomic E-state index is -0.414. The molecule has 0 aliphatic rings. The van der Waals surface area contributed by atoms with Crippen molar-refractivity contribution in [3.63, 3.8) is 0 Å². The molecule has 0 bridgehead atoms. The van der Waals surface area contributed by atoms with Crippen LogP contribution in [0.3, 0.4) is 0 Å². The summed E-state index contributed by atoms with van der Waals surface area (Å²) in [6, 6.07) is 8.80. The highest BCUT2D eigenvalue weighted by Gasteiger charge is 2.15. The molecular weight excluding hydrogens is 412 g/mol. The number of carbonyl (C=O) groups is 1. The Balaban J connectivity index is 0.00000320. The van der Waals surface area contributed by atoms with Crippen LogP contribution in [0.1, 0.15) is 0 Å². The molecule has 3 N–H and O–H groups in total. The van der Waals surface area contributed by atoms with E-state index in [1.807, 2.05) is 19.0 Å². The lowest BCUT2D eigenvalue weighted by Crippen LogP contribution is -2.34. The maximum atomic E-state index is 12.8. The van der Waals surface area contributed by atoms with Crippen LogP contribution in [0.4, 0.5) is 0 Å². The topological polar surface area (TPSA) is 112 Å². The summed E-state index contributed by atoms with van der Waals surface area (Å²) in [5.74, 6) is -0.317. The summed E-state index contributed by atoms with van der Waals surface area (Å²) in [6.45, 7) is 0.971. The molecule has 1 amide bonds. The Morgan fingerprint density at radius 3 is 2.53 bits per heavy atom. The molecule has 160 valence electrons. The van der Waals surface area contributed by atoms with Gasteiger partial charge in [-0.1, -0.05) is 12.1 Å². The molecule has 3 aromatic rings. The molecule has 8 nitrogen and oxygen atoms in total. The second kappa shape index (κ2) is 10.00. The van der Waals surface area contributed by atoms with E-state index in [1.165, 1.54) is 30.5 Å². The number of hydrogen-bond donors (Lipinski definition) is 3. The van der Waals surface area contributed by atoms with E-state index in [2.05, 4.69) is 5.32 Å². The molecule has 0 saturated heterocycles. The molecule has 0 aliphatic heterocycles. The lowest BCUT2D eigenvalue weighted by atomic mass is 10.0. The average molecular weight is 435 g/mol. The van der Waals surface area contributed by atoms with Crippen LogP contribution in [0.2, 0.25) is 0 Å². The quantitative estimate of drug-likeness (QED) is 0.523. The first-order valence-corrected chi connectivity index (χ1v) is 8.97. The zero-order chi connectivity index (χ0) is 21.0. The number of amides is 1. The highest BCUT2D eigenvalue weighted by molar-refractivity contribution is 5.88. The number of phenols is 2. The van der Waals surface area contributed by atoms with E-state index in [0.29, 0.717) is 18.7 Å². The molecule has 0 radical (unpaired) electrons. The van der Waals surface area contributed by atoms with Gasteiger partial charge in [0.05, 0.1) is 5.56 Å². The molecule has 0 fully saturated rings. The summed E-state index contributed by atoms with van der Waals surface area (Å²) in [5.41, 5.74) is 0.525. The largest absolute Gasteiger partial charge is 0.508 e. The predicted octanol–water partition coefficient (Wildman–Crippen LogP) is 2.35. The third-order valence-electron chi connectivity index (χ3n) is 4.26. The van der Waals surface area contributed by atoms with Crippen LogP contribution in [0.25, 0.3) is 22.1 Å². The molecule has 3 rings (SSSR count). The Kier molecular flexibility index (Phi) is 7.68. The van der Waals surface area contributed by atoms with Gasteiger partial charge >= 0.3 is 0 Å². The van der Waals surface area contributed by atoms with E-state index in [-0.39, 0.29) is 58.7 Å². The number of hydrogen-bond acceptors (Lipinski definition) is 7. The molecule has 0 aliphatic carbocycles.